The Morgan fingerprint density at radius 1 is 1.59 bits per heavy atom. The Hall–Kier alpha value is -1.89. The molecule has 1 fully saturated rings. The summed E-state index contributed by atoms with van der Waals surface area (Å²) < 4.78 is 0. The number of nitrogens with zero attached hydrogens (tertiary/aromatic N) is 4. The monoisotopic (exact) mass is 237 g/mol. The summed E-state index contributed by atoms with van der Waals surface area (Å²) in [5.74, 6) is 0.538. The Kier molecular flexibility index (Phi) is 3.38. The highest BCUT2D eigenvalue weighted by Gasteiger charge is 2.22. The second-order valence-corrected chi connectivity index (χ2v) is 4.00. The molecule has 7 nitrogen and oxygen atoms in total. The molecule has 0 saturated carbocycles. The number of anilines is 1. The average molecular weight is 237 g/mol. The highest BCUT2D eigenvalue weighted by Crippen LogP contribution is 2.20. The third-order valence-corrected chi connectivity index (χ3v) is 2.78. The molecule has 1 unspecified atom stereocenters. The molecule has 1 aliphatic heterocycles. The van der Waals surface area contributed by atoms with E-state index in [9.17, 15) is 5.11 Å². The number of amidine groups is 1. The molecule has 17 heavy (non-hydrogen) atoms. The Morgan fingerprint density at radius 3 is 3.12 bits per heavy atom. The van der Waals surface area contributed by atoms with Crippen LogP contribution in [0.15, 0.2) is 17.4 Å². The largest absolute Gasteiger partial charge is 0.409 e. The first-order chi connectivity index (χ1) is 8.22. The fourth-order valence-electron chi connectivity index (χ4n) is 1.96. The predicted octanol–water partition coefficient (Wildman–Crippen LogP) is -0.468. The summed E-state index contributed by atoms with van der Waals surface area (Å²) >= 11 is 0. The van der Waals surface area contributed by atoms with Crippen LogP contribution in [0.4, 0.5) is 5.82 Å². The Morgan fingerprint density at radius 2 is 2.41 bits per heavy atom. The normalized spacial score (nSPS) is 21.6. The van der Waals surface area contributed by atoms with Crippen LogP contribution in [0.1, 0.15) is 18.4 Å². The first-order valence-electron chi connectivity index (χ1n) is 5.45. The van der Waals surface area contributed by atoms with Crippen molar-refractivity contribution < 1.29 is 10.3 Å². The van der Waals surface area contributed by atoms with Crippen molar-refractivity contribution in [1.82, 2.24) is 10.2 Å². The van der Waals surface area contributed by atoms with E-state index in [0.717, 1.165) is 19.4 Å². The number of piperidine rings is 1. The van der Waals surface area contributed by atoms with Gasteiger partial charge in [-0.15, -0.1) is 5.10 Å². The molecule has 0 aliphatic carbocycles. The van der Waals surface area contributed by atoms with Crippen LogP contribution in [0.3, 0.4) is 0 Å². The van der Waals surface area contributed by atoms with Crippen molar-refractivity contribution in [1.29, 1.82) is 0 Å². The van der Waals surface area contributed by atoms with Gasteiger partial charge in [0.2, 0.25) is 0 Å². The van der Waals surface area contributed by atoms with E-state index in [-0.39, 0.29) is 11.9 Å². The van der Waals surface area contributed by atoms with Crippen molar-refractivity contribution in [3.63, 3.8) is 0 Å². The predicted molar refractivity (Wildman–Crippen MR) is 62.0 cm³/mol. The lowest BCUT2D eigenvalue weighted by Crippen LogP contribution is -2.40. The van der Waals surface area contributed by atoms with Crippen LogP contribution < -0.4 is 10.6 Å². The van der Waals surface area contributed by atoms with Gasteiger partial charge in [0.1, 0.15) is 0 Å². The fourth-order valence-corrected chi connectivity index (χ4v) is 1.96. The summed E-state index contributed by atoms with van der Waals surface area (Å²) in [6.07, 6.45) is 2.78. The molecule has 1 aliphatic rings. The average Bonchev–Trinajstić information content (AvgIpc) is 2.38. The maximum absolute atomic E-state index is 9.63. The summed E-state index contributed by atoms with van der Waals surface area (Å²) in [4.78, 5) is 1.90. The van der Waals surface area contributed by atoms with Crippen LogP contribution in [0.5, 0.6) is 0 Å². The van der Waals surface area contributed by atoms with Crippen molar-refractivity contribution in [3.8, 4) is 0 Å². The molecule has 1 atom stereocenters. The van der Waals surface area contributed by atoms with Crippen LogP contribution >= 0.6 is 0 Å². The highest BCUT2D eigenvalue weighted by atomic mass is 16.4. The van der Waals surface area contributed by atoms with Crippen LogP contribution in [-0.4, -0.2) is 45.5 Å². The minimum Gasteiger partial charge on any atom is -0.409 e. The molecule has 92 valence electrons. The van der Waals surface area contributed by atoms with Gasteiger partial charge in [0.05, 0.1) is 17.9 Å². The first-order valence-corrected chi connectivity index (χ1v) is 5.45. The molecule has 0 amide bonds. The van der Waals surface area contributed by atoms with Crippen molar-refractivity contribution >= 4 is 11.7 Å². The van der Waals surface area contributed by atoms with Crippen LogP contribution in [-0.2, 0) is 0 Å². The third-order valence-electron chi connectivity index (χ3n) is 2.78. The zero-order valence-corrected chi connectivity index (χ0v) is 9.32. The maximum atomic E-state index is 9.63. The number of nitrogens with two attached hydrogens (primary N) is 1. The third kappa shape index (κ3) is 2.44. The lowest BCUT2D eigenvalue weighted by molar-refractivity contribution is 0.153. The van der Waals surface area contributed by atoms with Crippen molar-refractivity contribution in [2.45, 2.75) is 18.9 Å². The van der Waals surface area contributed by atoms with E-state index in [0.29, 0.717) is 17.9 Å². The number of oxime groups is 1. The maximum Gasteiger partial charge on any atom is 0.173 e. The zero-order chi connectivity index (χ0) is 12.3. The standard InChI is InChI=1S/C10H15N5O2/c11-9(14-17)8-3-4-12-13-10(8)15-5-1-2-7(16)6-15/h3-4,7,16-17H,1-2,5-6H2,(H2,11,14). The smallest absolute Gasteiger partial charge is 0.173 e. The number of aromatic nitrogens is 2. The molecule has 0 aromatic carbocycles. The molecule has 4 N–H and O–H groups in total. The Balaban J connectivity index is 2.31. The molecular weight excluding hydrogens is 222 g/mol. The second kappa shape index (κ2) is 4.96. The van der Waals surface area contributed by atoms with Gasteiger partial charge in [0, 0.05) is 13.1 Å². The SMILES string of the molecule is N/C(=N/O)c1ccnnc1N1CCCC(O)C1. The summed E-state index contributed by atoms with van der Waals surface area (Å²) in [5.41, 5.74) is 6.10. The summed E-state index contributed by atoms with van der Waals surface area (Å²) in [6, 6.07) is 1.64. The molecule has 2 heterocycles. The van der Waals surface area contributed by atoms with Gasteiger partial charge in [-0.1, -0.05) is 5.16 Å². The molecule has 7 heteroatoms. The van der Waals surface area contributed by atoms with Gasteiger partial charge in [-0.3, -0.25) is 0 Å². The molecule has 0 radical (unpaired) electrons. The van der Waals surface area contributed by atoms with Gasteiger partial charge in [-0.05, 0) is 18.9 Å². The number of hydrogen-bond donors (Lipinski definition) is 3. The minimum absolute atomic E-state index is 0.00466. The second-order valence-electron chi connectivity index (χ2n) is 4.00. The molecule has 1 saturated heterocycles. The van der Waals surface area contributed by atoms with Crippen LogP contribution in [0.25, 0.3) is 0 Å². The quantitative estimate of drug-likeness (QED) is 0.278. The molecule has 1 aromatic heterocycles. The summed E-state index contributed by atoms with van der Waals surface area (Å²) in [7, 11) is 0. The van der Waals surface area contributed by atoms with Crippen molar-refractivity contribution in [2.24, 2.45) is 10.9 Å². The lowest BCUT2D eigenvalue weighted by Gasteiger charge is -2.31. The number of β-amino-alcohol motifs (C(OH)–C–C–N with tert-alkyl or cyclic N) is 1. The Bertz CT molecular complexity index is 423. The van der Waals surface area contributed by atoms with Gasteiger partial charge in [-0.25, -0.2) is 0 Å². The fraction of sp³-hybridized carbons (Fsp3) is 0.500. The molecule has 0 spiro atoms. The van der Waals surface area contributed by atoms with E-state index < -0.39 is 0 Å². The number of hydrogen-bond acceptors (Lipinski definition) is 6. The molecule has 0 bridgehead atoms. The van der Waals surface area contributed by atoms with E-state index in [1.807, 2.05) is 4.90 Å². The van der Waals surface area contributed by atoms with Gasteiger partial charge in [0.25, 0.3) is 0 Å². The van der Waals surface area contributed by atoms with Crippen molar-refractivity contribution in [2.75, 3.05) is 18.0 Å². The molecule has 1 aromatic rings. The lowest BCUT2D eigenvalue weighted by atomic mass is 10.1. The first kappa shape index (κ1) is 11.6. The Labute approximate surface area is 98.6 Å². The van der Waals surface area contributed by atoms with Crippen LogP contribution in [0.2, 0.25) is 0 Å². The minimum atomic E-state index is -0.370. The van der Waals surface area contributed by atoms with E-state index in [2.05, 4.69) is 15.4 Å². The summed E-state index contributed by atoms with van der Waals surface area (Å²) in [6.45, 7) is 1.27. The van der Waals surface area contributed by atoms with Gasteiger partial charge in [0.15, 0.2) is 11.7 Å². The summed E-state index contributed by atoms with van der Waals surface area (Å²) in [5, 5.41) is 29.1. The topological polar surface area (TPSA) is 108 Å². The van der Waals surface area contributed by atoms with Gasteiger partial charge < -0.3 is 20.9 Å². The van der Waals surface area contributed by atoms with Crippen LogP contribution in [0, 0.1) is 0 Å². The van der Waals surface area contributed by atoms with E-state index in [1.54, 1.807) is 6.07 Å². The van der Waals surface area contributed by atoms with Crippen molar-refractivity contribution in [3.05, 3.63) is 17.8 Å². The number of aliphatic hydroxyl groups is 1. The van der Waals surface area contributed by atoms with E-state index >= 15 is 0 Å². The van der Waals surface area contributed by atoms with Gasteiger partial charge >= 0.3 is 0 Å². The van der Waals surface area contributed by atoms with E-state index in [4.69, 9.17) is 10.9 Å². The number of rotatable bonds is 2. The van der Waals surface area contributed by atoms with Gasteiger partial charge in [-0.2, -0.15) is 5.10 Å². The zero-order valence-electron chi connectivity index (χ0n) is 9.32. The van der Waals surface area contributed by atoms with E-state index in [1.165, 1.54) is 6.20 Å². The highest BCUT2D eigenvalue weighted by molar-refractivity contribution is 6.01. The molecule has 2 rings (SSSR count). The number of aliphatic hydroxyl groups excluding tert-OH is 1. The molecular formula is C10H15N5O2.